The van der Waals surface area contributed by atoms with E-state index in [4.69, 9.17) is 5.11 Å². The molecular formula is C14H13NO2. The topological polar surface area (TPSA) is 50.2 Å². The summed E-state index contributed by atoms with van der Waals surface area (Å²) in [5, 5.41) is 9.12. The number of carboxylic acids is 1. The number of aromatic carboxylic acids is 1. The van der Waals surface area contributed by atoms with Gasteiger partial charge in [-0.15, -0.1) is 0 Å². The van der Waals surface area contributed by atoms with Gasteiger partial charge in [-0.25, -0.2) is 4.79 Å². The minimum absolute atomic E-state index is 0.361. The Morgan fingerprint density at radius 1 is 1.35 bits per heavy atom. The number of aromatic nitrogens is 1. The third kappa shape index (κ3) is 2.69. The molecule has 0 fully saturated rings. The van der Waals surface area contributed by atoms with E-state index in [1.54, 1.807) is 18.5 Å². The number of hydrogen-bond acceptors (Lipinski definition) is 2. The molecule has 1 aromatic heterocycles. The van der Waals surface area contributed by atoms with Gasteiger partial charge in [0.25, 0.3) is 0 Å². The first-order valence-electron chi connectivity index (χ1n) is 5.38. The Bertz CT molecular complexity index is 535. The lowest BCUT2D eigenvalue weighted by atomic mass is 9.99. The van der Waals surface area contributed by atoms with Crippen LogP contribution in [0.1, 0.15) is 27.0 Å². The summed E-state index contributed by atoms with van der Waals surface area (Å²) in [6.07, 6.45) is 4.06. The van der Waals surface area contributed by atoms with E-state index < -0.39 is 5.97 Å². The number of benzene rings is 1. The zero-order valence-corrected chi connectivity index (χ0v) is 9.55. The smallest absolute Gasteiger partial charge is 0.335 e. The van der Waals surface area contributed by atoms with E-state index in [1.807, 2.05) is 31.2 Å². The molecule has 17 heavy (non-hydrogen) atoms. The Balaban J connectivity index is 2.37. The molecule has 0 saturated heterocycles. The Labute approximate surface area is 99.8 Å². The number of aryl methyl sites for hydroxylation is 1. The van der Waals surface area contributed by atoms with Crippen LogP contribution in [0, 0.1) is 6.92 Å². The highest BCUT2D eigenvalue weighted by Gasteiger charge is 2.10. The second kappa shape index (κ2) is 4.78. The minimum atomic E-state index is -0.885. The van der Waals surface area contributed by atoms with Gasteiger partial charge in [0.15, 0.2) is 0 Å². The molecule has 1 aromatic carbocycles. The molecule has 2 aromatic rings. The Morgan fingerprint density at radius 2 is 2.18 bits per heavy atom. The predicted octanol–water partition coefficient (Wildman–Crippen LogP) is 2.68. The monoisotopic (exact) mass is 227 g/mol. The SMILES string of the molecule is Cc1ccc(C(=O)O)c(Cc2cccnc2)c1. The molecule has 0 aliphatic carbocycles. The van der Waals surface area contributed by atoms with Crippen LogP contribution in [0.25, 0.3) is 0 Å². The van der Waals surface area contributed by atoms with Crippen molar-refractivity contribution in [2.24, 2.45) is 0 Å². The lowest BCUT2D eigenvalue weighted by molar-refractivity contribution is 0.0696. The van der Waals surface area contributed by atoms with Crippen molar-refractivity contribution in [1.29, 1.82) is 0 Å². The molecule has 3 nitrogen and oxygen atoms in total. The maximum absolute atomic E-state index is 11.1. The summed E-state index contributed by atoms with van der Waals surface area (Å²) in [5.74, 6) is -0.885. The average Bonchev–Trinajstić information content (AvgIpc) is 2.30. The summed E-state index contributed by atoms with van der Waals surface area (Å²) < 4.78 is 0. The summed E-state index contributed by atoms with van der Waals surface area (Å²) in [5.41, 5.74) is 3.26. The lowest BCUT2D eigenvalue weighted by Gasteiger charge is -2.07. The molecule has 2 rings (SSSR count). The summed E-state index contributed by atoms with van der Waals surface area (Å²) in [6.45, 7) is 1.96. The van der Waals surface area contributed by atoms with Gasteiger partial charge in [0.1, 0.15) is 0 Å². The van der Waals surface area contributed by atoms with Gasteiger partial charge < -0.3 is 5.11 Å². The highest BCUT2D eigenvalue weighted by atomic mass is 16.4. The molecule has 86 valence electrons. The first-order valence-corrected chi connectivity index (χ1v) is 5.38. The molecule has 1 heterocycles. The fraction of sp³-hybridized carbons (Fsp3) is 0.143. The number of rotatable bonds is 3. The highest BCUT2D eigenvalue weighted by Crippen LogP contribution is 2.16. The Hall–Kier alpha value is -2.16. The van der Waals surface area contributed by atoms with Crippen molar-refractivity contribution in [3.8, 4) is 0 Å². The van der Waals surface area contributed by atoms with Crippen LogP contribution in [0.4, 0.5) is 0 Å². The van der Waals surface area contributed by atoms with Crippen molar-refractivity contribution in [2.75, 3.05) is 0 Å². The summed E-state index contributed by atoms with van der Waals surface area (Å²) in [7, 11) is 0. The molecule has 0 spiro atoms. The Kier molecular flexibility index (Phi) is 3.19. The number of carbonyl (C=O) groups is 1. The summed E-state index contributed by atoms with van der Waals surface area (Å²) in [6, 6.07) is 9.18. The summed E-state index contributed by atoms with van der Waals surface area (Å²) >= 11 is 0. The standard InChI is InChI=1S/C14H13NO2/c1-10-4-5-13(14(16)17)12(7-10)8-11-3-2-6-15-9-11/h2-7,9H,8H2,1H3,(H,16,17). The van der Waals surface area contributed by atoms with Crippen LogP contribution in [-0.2, 0) is 6.42 Å². The maximum Gasteiger partial charge on any atom is 0.335 e. The van der Waals surface area contributed by atoms with Crippen LogP contribution in [0.15, 0.2) is 42.7 Å². The van der Waals surface area contributed by atoms with Gasteiger partial charge in [-0.05, 0) is 36.6 Å². The predicted molar refractivity (Wildman–Crippen MR) is 65.2 cm³/mol. The number of carboxylic acid groups (broad SMARTS) is 1. The van der Waals surface area contributed by atoms with Gasteiger partial charge in [-0.2, -0.15) is 0 Å². The van der Waals surface area contributed by atoms with Crippen molar-refractivity contribution in [2.45, 2.75) is 13.3 Å². The molecule has 0 bridgehead atoms. The van der Waals surface area contributed by atoms with Gasteiger partial charge in [0.2, 0.25) is 0 Å². The van der Waals surface area contributed by atoms with Crippen molar-refractivity contribution in [3.05, 3.63) is 65.0 Å². The van der Waals surface area contributed by atoms with Crippen molar-refractivity contribution < 1.29 is 9.90 Å². The van der Waals surface area contributed by atoms with Crippen LogP contribution in [0.5, 0.6) is 0 Å². The first-order chi connectivity index (χ1) is 8.16. The van der Waals surface area contributed by atoms with Gasteiger partial charge >= 0.3 is 5.97 Å². The van der Waals surface area contributed by atoms with Crippen molar-refractivity contribution >= 4 is 5.97 Å². The van der Waals surface area contributed by atoms with E-state index in [2.05, 4.69) is 4.98 Å². The molecule has 0 atom stereocenters. The van der Waals surface area contributed by atoms with Gasteiger partial charge in [-0.1, -0.05) is 23.8 Å². The van der Waals surface area contributed by atoms with Crippen LogP contribution in [0.3, 0.4) is 0 Å². The quantitative estimate of drug-likeness (QED) is 0.877. The largest absolute Gasteiger partial charge is 0.478 e. The van der Waals surface area contributed by atoms with E-state index in [9.17, 15) is 4.79 Å². The third-order valence-electron chi connectivity index (χ3n) is 2.61. The highest BCUT2D eigenvalue weighted by molar-refractivity contribution is 5.89. The van der Waals surface area contributed by atoms with Crippen LogP contribution in [0.2, 0.25) is 0 Å². The zero-order chi connectivity index (χ0) is 12.3. The number of nitrogens with zero attached hydrogens (tertiary/aromatic N) is 1. The molecule has 0 unspecified atom stereocenters. The fourth-order valence-electron chi connectivity index (χ4n) is 1.80. The minimum Gasteiger partial charge on any atom is -0.478 e. The van der Waals surface area contributed by atoms with Crippen LogP contribution >= 0.6 is 0 Å². The molecule has 3 heteroatoms. The van der Waals surface area contributed by atoms with Gasteiger partial charge in [-0.3, -0.25) is 4.98 Å². The van der Waals surface area contributed by atoms with Gasteiger partial charge in [0.05, 0.1) is 5.56 Å². The zero-order valence-electron chi connectivity index (χ0n) is 9.55. The number of pyridine rings is 1. The second-order valence-electron chi connectivity index (χ2n) is 4.00. The van der Waals surface area contributed by atoms with E-state index in [0.29, 0.717) is 12.0 Å². The Morgan fingerprint density at radius 3 is 2.82 bits per heavy atom. The second-order valence-corrected chi connectivity index (χ2v) is 4.00. The van der Waals surface area contributed by atoms with E-state index in [-0.39, 0.29) is 0 Å². The first kappa shape index (κ1) is 11.3. The van der Waals surface area contributed by atoms with E-state index >= 15 is 0 Å². The molecule has 0 radical (unpaired) electrons. The normalized spacial score (nSPS) is 10.2. The van der Waals surface area contributed by atoms with Crippen molar-refractivity contribution in [3.63, 3.8) is 0 Å². The maximum atomic E-state index is 11.1. The molecule has 0 saturated carbocycles. The fourth-order valence-corrected chi connectivity index (χ4v) is 1.80. The molecular weight excluding hydrogens is 214 g/mol. The van der Waals surface area contributed by atoms with E-state index in [0.717, 1.165) is 16.7 Å². The van der Waals surface area contributed by atoms with E-state index in [1.165, 1.54) is 0 Å². The average molecular weight is 227 g/mol. The lowest BCUT2D eigenvalue weighted by Crippen LogP contribution is -2.03. The van der Waals surface area contributed by atoms with Crippen LogP contribution < -0.4 is 0 Å². The molecule has 1 N–H and O–H groups in total. The number of hydrogen-bond donors (Lipinski definition) is 1. The molecule has 0 aliphatic rings. The van der Waals surface area contributed by atoms with Crippen LogP contribution in [-0.4, -0.2) is 16.1 Å². The van der Waals surface area contributed by atoms with Gasteiger partial charge in [0, 0.05) is 12.4 Å². The summed E-state index contributed by atoms with van der Waals surface area (Å²) in [4.78, 5) is 15.1. The third-order valence-corrected chi connectivity index (χ3v) is 2.61. The molecule has 0 amide bonds. The van der Waals surface area contributed by atoms with Crippen molar-refractivity contribution in [1.82, 2.24) is 4.98 Å². The molecule has 0 aliphatic heterocycles.